The van der Waals surface area contributed by atoms with E-state index in [1.807, 2.05) is 6.08 Å². The first-order valence-electron chi connectivity index (χ1n) is 34.1. The van der Waals surface area contributed by atoms with Gasteiger partial charge in [0.2, 0.25) is 5.91 Å². The molecule has 0 bridgehead atoms. The standard InChI is InChI=1S/C69H133NO5/c1-3-5-7-9-11-13-15-17-18-36-39-43-47-51-55-59-63-69(74)75-64-60-56-52-48-44-40-37-34-32-30-28-26-24-22-20-19-21-23-25-27-29-31-33-35-38-42-46-50-54-58-62-68(73)70-66(65-71)67(72)61-57-53-49-45-41-16-14-12-10-8-6-4-2/h18,36,57,61,66-67,71-72H,3-17,19-35,37-56,58-60,62-65H2,1-2H3,(H,70,73)/b36-18-,61-57+. The number of carbonyl (C=O) groups excluding carboxylic acids is 2. The van der Waals surface area contributed by atoms with E-state index >= 15 is 0 Å². The predicted octanol–water partition coefficient (Wildman–Crippen LogP) is 21.8. The fraction of sp³-hybridized carbons (Fsp3) is 0.913. The summed E-state index contributed by atoms with van der Waals surface area (Å²) in [5, 5.41) is 23.1. The van der Waals surface area contributed by atoms with Crippen molar-refractivity contribution >= 4 is 11.9 Å². The van der Waals surface area contributed by atoms with Crippen molar-refractivity contribution in [1.29, 1.82) is 0 Å². The molecule has 0 aromatic carbocycles. The Morgan fingerprint density at radius 1 is 0.360 bits per heavy atom. The second-order valence-electron chi connectivity index (χ2n) is 23.5. The van der Waals surface area contributed by atoms with Crippen molar-refractivity contribution in [1.82, 2.24) is 5.32 Å². The fourth-order valence-electron chi connectivity index (χ4n) is 10.7. The second-order valence-corrected chi connectivity index (χ2v) is 23.5. The smallest absolute Gasteiger partial charge is 0.305 e. The highest BCUT2D eigenvalue weighted by atomic mass is 16.5. The third-order valence-corrected chi connectivity index (χ3v) is 16.0. The number of esters is 1. The third-order valence-electron chi connectivity index (χ3n) is 16.0. The number of hydrogen-bond acceptors (Lipinski definition) is 5. The molecule has 0 aliphatic carbocycles. The minimum absolute atomic E-state index is 0.0128. The summed E-state index contributed by atoms with van der Waals surface area (Å²) in [7, 11) is 0. The summed E-state index contributed by atoms with van der Waals surface area (Å²) in [5.74, 6) is -0.0504. The SMILES string of the molecule is CCCCCCCCC/C=C\CCCCCCCC(=O)OCCCCCCCCCCCCCCCCCCCCCCCCCCCCCCCCC(=O)NC(CO)C(O)/C=C/CCCCCCCCCCCC. The zero-order valence-electron chi connectivity index (χ0n) is 50.8. The van der Waals surface area contributed by atoms with Gasteiger partial charge in [0.25, 0.3) is 0 Å². The van der Waals surface area contributed by atoms with E-state index in [0.29, 0.717) is 19.4 Å². The molecule has 3 N–H and O–H groups in total. The Labute approximate surface area is 469 Å². The summed E-state index contributed by atoms with van der Waals surface area (Å²) < 4.78 is 5.50. The number of ether oxygens (including phenoxy) is 1. The maximum absolute atomic E-state index is 12.4. The van der Waals surface area contributed by atoms with Crippen LogP contribution in [0.25, 0.3) is 0 Å². The number of rotatable bonds is 64. The lowest BCUT2D eigenvalue weighted by Crippen LogP contribution is -2.45. The van der Waals surface area contributed by atoms with Gasteiger partial charge in [-0.25, -0.2) is 0 Å². The zero-order chi connectivity index (χ0) is 54.3. The molecule has 0 radical (unpaired) electrons. The molecule has 0 aromatic heterocycles. The van der Waals surface area contributed by atoms with Crippen LogP contribution in [0.4, 0.5) is 0 Å². The van der Waals surface area contributed by atoms with E-state index < -0.39 is 12.1 Å². The van der Waals surface area contributed by atoms with Crippen molar-refractivity contribution in [2.45, 2.75) is 392 Å². The lowest BCUT2D eigenvalue weighted by molar-refractivity contribution is -0.143. The van der Waals surface area contributed by atoms with Gasteiger partial charge in [-0.3, -0.25) is 9.59 Å². The van der Waals surface area contributed by atoms with Gasteiger partial charge in [-0.1, -0.05) is 334 Å². The third kappa shape index (κ3) is 61.4. The Bertz CT molecular complexity index is 1170. The van der Waals surface area contributed by atoms with Crippen LogP contribution in [0.1, 0.15) is 380 Å². The summed E-state index contributed by atoms with van der Waals surface area (Å²) in [6, 6.07) is -0.623. The molecule has 0 saturated carbocycles. The highest BCUT2D eigenvalue weighted by Gasteiger charge is 2.18. The van der Waals surface area contributed by atoms with E-state index in [1.54, 1.807) is 6.08 Å². The van der Waals surface area contributed by atoms with E-state index in [0.717, 1.165) is 44.9 Å². The number of nitrogens with one attached hydrogen (secondary N) is 1. The van der Waals surface area contributed by atoms with E-state index in [2.05, 4.69) is 31.3 Å². The molecule has 1 amide bonds. The Morgan fingerprint density at radius 3 is 0.947 bits per heavy atom. The lowest BCUT2D eigenvalue weighted by Gasteiger charge is -2.20. The van der Waals surface area contributed by atoms with Crippen molar-refractivity contribution in [2.75, 3.05) is 13.2 Å². The van der Waals surface area contributed by atoms with Gasteiger partial charge in [-0.2, -0.15) is 0 Å². The van der Waals surface area contributed by atoms with Crippen LogP contribution in [0, 0.1) is 0 Å². The van der Waals surface area contributed by atoms with Gasteiger partial charge in [0.1, 0.15) is 0 Å². The molecule has 6 heteroatoms. The van der Waals surface area contributed by atoms with Gasteiger partial charge >= 0.3 is 5.97 Å². The molecule has 0 aromatic rings. The van der Waals surface area contributed by atoms with E-state index in [9.17, 15) is 19.8 Å². The quantitative estimate of drug-likeness (QED) is 0.0320. The molecule has 0 heterocycles. The van der Waals surface area contributed by atoms with Gasteiger partial charge in [0.15, 0.2) is 0 Å². The topological polar surface area (TPSA) is 95.9 Å². The molecule has 0 aliphatic heterocycles. The van der Waals surface area contributed by atoms with Crippen LogP contribution in [0.5, 0.6) is 0 Å². The van der Waals surface area contributed by atoms with Crippen LogP contribution in [-0.2, 0) is 14.3 Å². The van der Waals surface area contributed by atoms with Gasteiger partial charge in [0, 0.05) is 12.8 Å². The number of aliphatic hydroxyl groups excluding tert-OH is 2. The van der Waals surface area contributed by atoms with Crippen LogP contribution >= 0.6 is 0 Å². The van der Waals surface area contributed by atoms with Crippen molar-refractivity contribution in [3.8, 4) is 0 Å². The maximum atomic E-state index is 12.4. The van der Waals surface area contributed by atoms with E-state index in [4.69, 9.17) is 4.74 Å². The minimum atomic E-state index is -0.840. The molecule has 0 rings (SSSR count). The summed E-state index contributed by atoms with van der Waals surface area (Å²) >= 11 is 0. The first-order chi connectivity index (χ1) is 37.0. The Hall–Kier alpha value is -1.66. The average Bonchev–Trinajstić information content (AvgIpc) is 3.41. The predicted molar refractivity (Wildman–Crippen MR) is 329 cm³/mol. The van der Waals surface area contributed by atoms with Crippen LogP contribution in [0.15, 0.2) is 24.3 Å². The van der Waals surface area contributed by atoms with Crippen molar-refractivity contribution < 1.29 is 24.5 Å². The molecule has 0 spiro atoms. The number of hydrogen-bond donors (Lipinski definition) is 3. The van der Waals surface area contributed by atoms with Gasteiger partial charge in [0.05, 0.1) is 25.4 Å². The van der Waals surface area contributed by atoms with Crippen LogP contribution in [0.2, 0.25) is 0 Å². The largest absolute Gasteiger partial charge is 0.466 e. The monoisotopic (exact) mass is 1060 g/mol. The van der Waals surface area contributed by atoms with E-state index in [-0.39, 0.29) is 18.5 Å². The van der Waals surface area contributed by atoms with Gasteiger partial charge in [-0.15, -0.1) is 0 Å². The first-order valence-corrected chi connectivity index (χ1v) is 34.1. The molecular formula is C69H133NO5. The number of carbonyl (C=O) groups is 2. The van der Waals surface area contributed by atoms with Crippen LogP contribution < -0.4 is 5.32 Å². The minimum Gasteiger partial charge on any atom is -0.466 e. The van der Waals surface area contributed by atoms with Crippen LogP contribution in [0.3, 0.4) is 0 Å². The van der Waals surface area contributed by atoms with Gasteiger partial charge in [-0.05, 0) is 57.8 Å². The Balaban J connectivity index is 3.32. The van der Waals surface area contributed by atoms with E-state index in [1.165, 1.54) is 308 Å². The molecule has 2 atom stereocenters. The van der Waals surface area contributed by atoms with Gasteiger partial charge < -0.3 is 20.3 Å². The van der Waals surface area contributed by atoms with Crippen molar-refractivity contribution in [3.63, 3.8) is 0 Å². The first kappa shape index (κ1) is 73.3. The zero-order valence-corrected chi connectivity index (χ0v) is 50.8. The van der Waals surface area contributed by atoms with Crippen molar-refractivity contribution in [2.24, 2.45) is 0 Å². The number of aliphatic hydroxyl groups is 2. The summed E-state index contributed by atoms with van der Waals surface area (Å²) in [4.78, 5) is 24.5. The molecule has 444 valence electrons. The Morgan fingerprint density at radius 2 is 0.627 bits per heavy atom. The lowest BCUT2D eigenvalue weighted by atomic mass is 10.0. The van der Waals surface area contributed by atoms with Crippen LogP contribution in [-0.4, -0.2) is 47.4 Å². The number of amides is 1. The molecule has 0 aliphatic rings. The van der Waals surface area contributed by atoms with Crippen molar-refractivity contribution in [3.05, 3.63) is 24.3 Å². The number of unbranched alkanes of at least 4 members (excludes halogenated alkanes) is 51. The molecule has 6 nitrogen and oxygen atoms in total. The summed E-state index contributed by atoms with van der Waals surface area (Å²) in [6.45, 7) is 4.92. The highest BCUT2D eigenvalue weighted by Crippen LogP contribution is 2.18. The number of allylic oxidation sites excluding steroid dienone is 3. The molecule has 0 fully saturated rings. The maximum Gasteiger partial charge on any atom is 0.305 e. The average molecular weight is 1060 g/mol. The Kier molecular flexibility index (Phi) is 63.4. The summed E-state index contributed by atoms with van der Waals surface area (Å²) in [5.41, 5.74) is 0. The second kappa shape index (κ2) is 64.9. The summed E-state index contributed by atoms with van der Waals surface area (Å²) in [6.07, 6.45) is 81.2. The fourth-order valence-corrected chi connectivity index (χ4v) is 10.7. The molecule has 2 unspecified atom stereocenters. The molecular weight excluding hydrogens is 923 g/mol. The normalized spacial score (nSPS) is 12.6. The molecule has 75 heavy (non-hydrogen) atoms. The molecule has 0 saturated heterocycles. The highest BCUT2D eigenvalue weighted by molar-refractivity contribution is 5.76.